The van der Waals surface area contributed by atoms with E-state index in [0.717, 1.165) is 11.3 Å². The smallest absolute Gasteiger partial charge is 0.227 e. The number of nitrogens with two attached hydrogens (primary N) is 1. The number of nitrogens with zero attached hydrogens (tertiary/aromatic N) is 1. The summed E-state index contributed by atoms with van der Waals surface area (Å²) >= 11 is 1.73. The number of hydrogen-bond acceptors (Lipinski definition) is 3. The van der Waals surface area contributed by atoms with Crippen LogP contribution in [0.3, 0.4) is 0 Å². The minimum atomic E-state index is 0. The number of nitrogen functional groups attached to an aromatic ring is 1. The maximum atomic E-state index is 12.1. The number of amides is 1. The van der Waals surface area contributed by atoms with Gasteiger partial charge in [0.05, 0.1) is 13.0 Å². The number of thiophene rings is 1. The van der Waals surface area contributed by atoms with Crippen molar-refractivity contribution in [2.75, 3.05) is 12.8 Å². The van der Waals surface area contributed by atoms with E-state index in [1.165, 1.54) is 9.75 Å². The molecule has 1 amide bonds. The number of benzene rings is 1. The Bertz CT molecular complexity index is 566. The minimum absolute atomic E-state index is 0. The molecule has 3 nitrogen and oxygen atoms in total. The van der Waals surface area contributed by atoms with E-state index in [2.05, 4.69) is 19.1 Å². The summed E-state index contributed by atoms with van der Waals surface area (Å²) in [5.41, 5.74) is 7.34. The number of aryl methyl sites for hydroxylation is 1. The molecule has 0 aliphatic rings. The zero-order valence-electron chi connectivity index (χ0n) is 11.6. The molecular formula is C15H19ClN2OS. The fourth-order valence-corrected chi connectivity index (χ4v) is 2.78. The van der Waals surface area contributed by atoms with Gasteiger partial charge in [-0.15, -0.1) is 23.7 Å². The van der Waals surface area contributed by atoms with Gasteiger partial charge in [0.2, 0.25) is 5.91 Å². The van der Waals surface area contributed by atoms with Crippen LogP contribution < -0.4 is 5.73 Å². The molecule has 1 aromatic carbocycles. The van der Waals surface area contributed by atoms with Gasteiger partial charge in [-0.2, -0.15) is 0 Å². The summed E-state index contributed by atoms with van der Waals surface area (Å²) in [5.74, 6) is 0.121. The monoisotopic (exact) mass is 310 g/mol. The highest BCUT2D eigenvalue weighted by atomic mass is 35.5. The molecule has 0 aliphatic heterocycles. The Labute approximate surface area is 129 Å². The summed E-state index contributed by atoms with van der Waals surface area (Å²) in [4.78, 5) is 16.4. The summed E-state index contributed by atoms with van der Waals surface area (Å²) in [6.07, 6.45) is 0.418. The topological polar surface area (TPSA) is 46.3 Å². The number of halogens is 1. The first-order chi connectivity index (χ1) is 9.04. The fraction of sp³-hybridized carbons (Fsp3) is 0.267. The first-order valence-electron chi connectivity index (χ1n) is 6.18. The van der Waals surface area contributed by atoms with E-state index in [-0.39, 0.29) is 18.3 Å². The summed E-state index contributed by atoms with van der Waals surface area (Å²) in [5, 5.41) is 0. The molecule has 108 valence electrons. The van der Waals surface area contributed by atoms with Crippen molar-refractivity contribution in [3.63, 3.8) is 0 Å². The average Bonchev–Trinajstić information content (AvgIpc) is 2.77. The lowest BCUT2D eigenvalue weighted by Gasteiger charge is -2.16. The predicted octanol–water partition coefficient (Wildman–Crippen LogP) is 3.26. The van der Waals surface area contributed by atoms with E-state index >= 15 is 0 Å². The van der Waals surface area contributed by atoms with Crippen molar-refractivity contribution in [2.45, 2.75) is 19.9 Å². The molecule has 0 unspecified atom stereocenters. The van der Waals surface area contributed by atoms with Crippen LogP contribution in [0.2, 0.25) is 0 Å². The first-order valence-corrected chi connectivity index (χ1v) is 7.00. The van der Waals surface area contributed by atoms with Gasteiger partial charge < -0.3 is 10.6 Å². The van der Waals surface area contributed by atoms with Crippen molar-refractivity contribution in [3.05, 3.63) is 51.7 Å². The summed E-state index contributed by atoms with van der Waals surface area (Å²) in [6, 6.07) is 11.6. The van der Waals surface area contributed by atoms with E-state index in [9.17, 15) is 4.79 Å². The third kappa shape index (κ3) is 4.54. The van der Waals surface area contributed by atoms with E-state index in [1.54, 1.807) is 16.2 Å². The van der Waals surface area contributed by atoms with Crippen molar-refractivity contribution in [1.29, 1.82) is 0 Å². The van der Waals surface area contributed by atoms with Crippen LogP contribution >= 0.6 is 23.7 Å². The standard InChI is InChI=1S/C15H18N2OS.ClH/c1-11-3-8-14(19-11)10-17(2)15(18)9-12-4-6-13(16)7-5-12;/h3-8H,9-10,16H2,1-2H3;1H. The quantitative estimate of drug-likeness (QED) is 0.881. The largest absolute Gasteiger partial charge is 0.399 e. The summed E-state index contributed by atoms with van der Waals surface area (Å²) in [6.45, 7) is 2.75. The van der Waals surface area contributed by atoms with Crippen molar-refractivity contribution in [2.24, 2.45) is 0 Å². The highest BCUT2D eigenvalue weighted by molar-refractivity contribution is 7.11. The van der Waals surface area contributed by atoms with E-state index in [4.69, 9.17) is 5.73 Å². The van der Waals surface area contributed by atoms with Crippen molar-refractivity contribution in [3.8, 4) is 0 Å². The Morgan fingerprint density at radius 3 is 2.40 bits per heavy atom. The molecule has 2 rings (SSSR count). The second kappa shape index (κ2) is 7.31. The summed E-state index contributed by atoms with van der Waals surface area (Å²) < 4.78 is 0. The Hall–Kier alpha value is -1.52. The number of hydrogen-bond donors (Lipinski definition) is 1. The van der Waals surface area contributed by atoms with Crippen LogP contribution in [0.1, 0.15) is 15.3 Å². The second-order valence-corrected chi connectivity index (χ2v) is 6.05. The van der Waals surface area contributed by atoms with Gasteiger partial charge >= 0.3 is 0 Å². The van der Waals surface area contributed by atoms with Gasteiger partial charge in [0.1, 0.15) is 0 Å². The first kappa shape index (κ1) is 16.5. The Kier molecular flexibility index (Phi) is 6.05. The van der Waals surface area contributed by atoms with Gasteiger partial charge in [-0.25, -0.2) is 0 Å². The van der Waals surface area contributed by atoms with Crippen LogP contribution in [-0.2, 0) is 17.8 Å². The maximum Gasteiger partial charge on any atom is 0.227 e. The molecular weight excluding hydrogens is 292 g/mol. The van der Waals surface area contributed by atoms with Gasteiger partial charge in [-0.1, -0.05) is 12.1 Å². The Morgan fingerprint density at radius 2 is 1.85 bits per heavy atom. The molecule has 5 heteroatoms. The predicted molar refractivity (Wildman–Crippen MR) is 87.3 cm³/mol. The van der Waals surface area contributed by atoms with Crippen molar-refractivity contribution < 1.29 is 4.79 Å². The molecule has 1 aromatic heterocycles. The lowest BCUT2D eigenvalue weighted by Crippen LogP contribution is -2.27. The third-order valence-electron chi connectivity index (χ3n) is 2.95. The molecule has 2 aromatic rings. The van der Waals surface area contributed by atoms with Crippen LogP contribution in [0.25, 0.3) is 0 Å². The lowest BCUT2D eigenvalue weighted by atomic mass is 10.1. The third-order valence-corrected chi connectivity index (χ3v) is 3.94. The average molecular weight is 311 g/mol. The number of carbonyl (C=O) groups is 1. The highest BCUT2D eigenvalue weighted by Gasteiger charge is 2.11. The van der Waals surface area contributed by atoms with E-state index in [1.807, 2.05) is 31.3 Å². The molecule has 0 radical (unpaired) electrons. The second-order valence-electron chi connectivity index (χ2n) is 4.68. The normalized spacial score (nSPS) is 9.90. The molecule has 0 saturated heterocycles. The highest BCUT2D eigenvalue weighted by Crippen LogP contribution is 2.17. The number of rotatable bonds is 4. The molecule has 0 saturated carbocycles. The van der Waals surface area contributed by atoms with Crippen LogP contribution in [0, 0.1) is 6.92 Å². The SMILES string of the molecule is Cc1ccc(CN(C)C(=O)Cc2ccc(N)cc2)s1.Cl. The van der Waals surface area contributed by atoms with Gasteiger partial charge in [-0.3, -0.25) is 4.79 Å². The lowest BCUT2D eigenvalue weighted by molar-refractivity contribution is -0.129. The number of likely N-dealkylation sites (N-methyl/N-ethyl adjacent to an activating group) is 1. The van der Waals surface area contributed by atoms with Crippen LogP contribution in [-0.4, -0.2) is 17.9 Å². The zero-order valence-corrected chi connectivity index (χ0v) is 13.3. The maximum absolute atomic E-state index is 12.1. The number of carbonyl (C=O) groups excluding carboxylic acids is 1. The molecule has 1 heterocycles. The van der Waals surface area contributed by atoms with Crippen LogP contribution in [0.15, 0.2) is 36.4 Å². The van der Waals surface area contributed by atoms with Crippen LogP contribution in [0.5, 0.6) is 0 Å². The van der Waals surface area contributed by atoms with Crippen molar-refractivity contribution >= 4 is 35.3 Å². The molecule has 0 aliphatic carbocycles. The van der Waals surface area contributed by atoms with Gasteiger partial charge in [-0.05, 0) is 36.8 Å². The molecule has 20 heavy (non-hydrogen) atoms. The molecule has 0 fully saturated rings. The van der Waals surface area contributed by atoms with Gasteiger partial charge in [0.25, 0.3) is 0 Å². The molecule has 0 spiro atoms. The number of anilines is 1. The molecule has 0 atom stereocenters. The zero-order chi connectivity index (χ0) is 13.8. The van der Waals surface area contributed by atoms with Gasteiger partial charge in [0, 0.05) is 22.5 Å². The Morgan fingerprint density at radius 1 is 1.20 bits per heavy atom. The van der Waals surface area contributed by atoms with Crippen LogP contribution in [0.4, 0.5) is 5.69 Å². The molecule has 0 bridgehead atoms. The Balaban J connectivity index is 0.00000200. The fourth-order valence-electron chi connectivity index (χ4n) is 1.84. The van der Waals surface area contributed by atoms with E-state index < -0.39 is 0 Å². The molecule has 2 N–H and O–H groups in total. The summed E-state index contributed by atoms with van der Waals surface area (Å²) in [7, 11) is 1.84. The minimum Gasteiger partial charge on any atom is -0.399 e. The van der Waals surface area contributed by atoms with Gasteiger partial charge in [0.15, 0.2) is 0 Å². The van der Waals surface area contributed by atoms with E-state index in [0.29, 0.717) is 13.0 Å². The van der Waals surface area contributed by atoms with Crippen molar-refractivity contribution in [1.82, 2.24) is 4.90 Å².